The predicted molar refractivity (Wildman–Crippen MR) is 126 cm³/mol. The largest absolute Gasteiger partial charge is 0.315 e. The van der Waals surface area contributed by atoms with Gasteiger partial charge in [0.05, 0.1) is 11.3 Å². The van der Waals surface area contributed by atoms with E-state index in [9.17, 15) is 13.6 Å². The lowest BCUT2D eigenvalue weighted by Gasteiger charge is -2.20. The first kappa shape index (κ1) is 21.0. The second-order valence-electron chi connectivity index (χ2n) is 7.52. The Hall–Kier alpha value is -3.85. The van der Waals surface area contributed by atoms with Crippen molar-refractivity contribution in [3.8, 4) is 5.69 Å². The summed E-state index contributed by atoms with van der Waals surface area (Å²) in [5, 5.41) is 14.6. The lowest BCUT2D eigenvalue weighted by atomic mass is 10.1. The van der Waals surface area contributed by atoms with E-state index in [1.807, 2.05) is 19.9 Å². The molecule has 2 aromatic carbocycles. The van der Waals surface area contributed by atoms with Gasteiger partial charge in [0.2, 0.25) is 5.17 Å². The number of aliphatic imine (C=N–C) groups is 1. The molecule has 0 saturated heterocycles. The molecule has 1 N–H and O–H groups in total. The number of carbonyl (C=O) groups excluding carboxylic acids is 1. The van der Waals surface area contributed by atoms with Crippen LogP contribution in [0.25, 0.3) is 11.8 Å². The van der Waals surface area contributed by atoms with Crippen molar-refractivity contribution >= 4 is 39.8 Å². The smallest absolute Gasteiger partial charge is 0.283 e. The summed E-state index contributed by atoms with van der Waals surface area (Å²) in [5.41, 5.74) is 2.88. The van der Waals surface area contributed by atoms with Gasteiger partial charge in [0.15, 0.2) is 5.84 Å². The standard InChI is InChI=1S/C24H17F2N5OS/c1-13-11-15(14(2)30(13)20-10-6-5-9-19(20)26)12-17-21(27)31-24(28-22(17)32)33-23(29-31)16-7-3-4-8-18(16)25/h3-12,27H,1-2H3. The number of hydrogen-bond donors (Lipinski definition) is 1. The van der Waals surface area contributed by atoms with Crippen LogP contribution in [0.2, 0.25) is 0 Å². The number of hydrazone groups is 1. The average Bonchev–Trinajstić information content (AvgIpc) is 3.32. The van der Waals surface area contributed by atoms with E-state index < -0.39 is 11.7 Å². The zero-order valence-corrected chi connectivity index (χ0v) is 18.5. The molecule has 2 aliphatic rings. The highest BCUT2D eigenvalue weighted by atomic mass is 32.2. The van der Waals surface area contributed by atoms with Crippen LogP contribution in [0.1, 0.15) is 22.5 Å². The third-order valence-electron chi connectivity index (χ3n) is 5.42. The number of carbonyl (C=O) groups is 1. The average molecular weight is 461 g/mol. The highest BCUT2D eigenvalue weighted by molar-refractivity contribution is 8.27. The highest BCUT2D eigenvalue weighted by Crippen LogP contribution is 2.32. The van der Waals surface area contributed by atoms with Crippen LogP contribution in [-0.2, 0) is 4.79 Å². The van der Waals surface area contributed by atoms with Crippen LogP contribution in [0.4, 0.5) is 8.78 Å². The summed E-state index contributed by atoms with van der Waals surface area (Å²) in [5.74, 6) is -1.55. The zero-order valence-electron chi connectivity index (χ0n) is 17.6. The van der Waals surface area contributed by atoms with Gasteiger partial charge in [-0.3, -0.25) is 10.2 Å². The topological polar surface area (TPSA) is 73.8 Å². The van der Waals surface area contributed by atoms with Crippen molar-refractivity contribution in [2.24, 2.45) is 10.1 Å². The highest BCUT2D eigenvalue weighted by Gasteiger charge is 2.36. The fourth-order valence-corrected chi connectivity index (χ4v) is 4.75. The molecule has 0 radical (unpaired) electrons. The monoisotopic (exact) mass is 461 g/mol. The van der Waals surface area contributed by atoms with Crippen molar-refractivity contribution < 1.29 is 13.6 Å². The van der Waals surface area contributed by atoms with E-state index in [-0.39, 0.29) is 28.0 Å². The third-order valence-corrected chi connectivity index (χ3v) is 6.36. The van der Waals surface area contributed by atoms with E-state index in [0.717, 1.165) is 17.5 Å². The number of aryl methyl sites for hydroxylation is 1. The molecule has 0 spiro atoms. The quantitative estimate of drug-likeness (QED) is 0.556. The maximum Gasteiger partial charge on any atom is 0.283 e. The molecule has 5 rings (SSSR count). The Morgan fingerprint density at radius 3 is 2.45 bits per heavy atom. The lowest BCUT2D eigenvalue weighted by molar-refractivity contribution is -0.114. The number of halogens is 2. The Bertz CT molecular complexity index is 1440. The number of para-hydroxylation sites is 1. The first-order valence-electron chi connectivity index (χ1n) is 10.0. The second kappa shape index (κ2) is 7.93. The van der Waals surface area contributed by atoms with Crippen molar-refractivity contribution in [3.05, 3.63) is 94.3 Å². The van der Waals surface area contributed by atoms with Gasteiger partial charge >= 0.3 is 0 Å². The molecule has 0 bridgehead atoms. The SMILES string of the molecule is Cc1cc(C=C2C(=N)N3N=C(c4ccccc4F)SC3=NC2=O)c(C)n1-c1ccccc1F. The van der Waals surface area contributed by atoms with Crippen LogP contribution in [0.15, 0.2) is 70.3 Å². The maximum absolute atomic E-state index is 14.4. The van der Waals surface area contributed by atoms with Crippen molar-refractivity contribution in [2.45, 2.75) is 13.8 Å². The molecule has 0 aliphatic carbocycles. The van der Waals surface area contributed by atoms with Gasteiger partial charge in [0.1, 0.15) is 16.7 Å². The number of aromatic nitrogens is 1. The van der Waals surface area contributed by atoms with E-state index in [4.69, 9.17) is 5.41 Å². The van der Waals surface area contributed by atoms with E-state index in [1.165, 1.54) is 17.1 Å². The van der Waals surface area contributed by atoms with E-state index in [2.05, 4.69) is 10.1 Å². The Morgan fingerprint density at radius 1 is 1.03 bits per heavy atom. The molecule has 2 aliphatic heterocycles. The minimum absolute atomic E-state index is 0.0478. The van der Waals surface area contributed by atoms with Gasteiger partial charge in [0.25, 0.3) is 5.91 Å². The molecular formula is C24H17F2N5OS. The minimum Gasteiger partial charge on any atom is -0.315 e. The number of benzene rings is 2. The molecule has 3 aromatic rings. The maximum atomic E-state index is 14.4. The molecule has 0 fully saturated rings. The molecule has 33 heavy (non-hydrogen) atoms. The summed E-state index contributed by atoms with van der Waals surface area (Å²) >= 11 is 1.04. The fraction of sp³-hybridized carbons (Fsp3) is 0.0833. The van der Waals surface area contributed by atoms with Crippen LogP contribution in [0, 0.1) is 30.9 Å². The van der Waals surface area contributed by atoms with Crippen LogP contribution >= 0.6 is 11.8 Å². The molecule has 1 aromatic heterocycles. The molecule has 0 atom stereocenters. The van der Waals surface area contributed by atoms with E-state index in [1.54, 1.807) is 47.0 Å². The van der Waals surface area contributed by atoms with Gasteiger partial charge in [-0.05, 0) is 67.6 Å². The van der Waals surface area contributed by atoms with Gasteiger partial charge in [-0.25, -0.2) is 8.78 Å². The third kappa shape index (κ3) is 3.50. The molecule has 3 heterocycles. The van der Waals surface area contributed by atoms with Gasteiger partial charge in [0, 0.05) is 17.0 Å². The van der Waals surface area contributed by atoms with Crippen molar-refractivity contribution in [3.63, 3.8) is 0 Å². The number of amides is 1. The molecule has 0 unspecified atom stereocenters. The summed E-state index contributed by atoms with van der Waals surface area (Å²) < 4.78 is 30.3. The van der Waals surface area contributed by atoms with Crippen LogP contribution in [-0.4, -0.2) is 31.5 Å². The van der Waals surface area contributed by atoms with Crippen molar-refractivity contribution in [1.82, 2.24) is 9.58 Å². The molecule has 1 amide bonds. The Kier molecular flexibility index (Phi) is 5.05. The van der Waals surface area contributed by atoms with Gasteiger partial charge in [-0.1, -0.05) is 24.3 Å². The molecule has 164 valence electrons. The van der Waals surface area contributed by atoms with Gasteiger partial charge < -0.3 is 4.57 Å². The van der Waals surface area contributed by atoms with Gasteiger partial charge in [-0.2, -0.15) is 15.1 Å². The summed E-state index contributed by atoms with van der Waals surface area (Å²) in [6.45, 7) is 3.66. The number of amidine groups is 2. The van der Waals surface area contributed by atoms with Crippen molar-refractivity contribution in [1.29, 1.82) is 5.41 Å². The predicted octanol–water partition coefficient (Wildman–Crippen LogP) is 5.04. The van der Waals surface area contributed by atoms with Crippen molar-refractivity contribution in [2.75, 3.05) is 0 Å². The van der Waals surface area contributed by atoms with E-state index in [0.29, 0.717) is 22.0 Å². The van der Waals surface area contributed by atoms with Gasteiger partial charge in [-0.15, -0.1) is 0 Å². The Morgan fingerprint density at radius 2 is 1.73 bits per heavy atom. The summed E-state index contributed by atoms with van der Waals surface area (Å²) in [7, 11) is 0. The Labute approximate surface area is 192 Å². The Balaban J connectivity index is 1.53. The molecule has 6 nitrogen and oxygen atoms in total. The van der Waals surface area contributed by atoms with Crippen LogP contribution in [0.3, 0.4) is 0 Å². The number of rotatable bonds is 3. The van der Waals surface area contributed by atoms with Crippen LogP contribution in [0.5, 0.6) is 0 Å². The molecule has 0 saturated carbocycles. The minimum atomic E-state index is -0.584. The number of thioether (sulfide) groups is 1. The number of hydrogen-bond acceptors (Lipinski definition) is 4. The second-order valence-corrected chi connectivity index (χ2v) is 8.47. The lowest BCUT2D eigenvalue weighted by Crippen LogP contribution is -2.35. The van der Waals surface area contributed by atoms with E-state index >= 15 is 0 Å². The summed E-state index contributed by atoms with van der Waals surface area (Å²) in [6.07, 6.45) is 1.56. The first-order valence-corrected chi connectivity index (χ1v) is 10.9. The first-order chi connectivity index (χ1) is 15.8. The summed E-state index contributed by atoms with van der Waals surface area (Å²) in [4.78, 5) is 16.8. The number of fused-ring (bicyclic) bond motifs is 1. The zero-order chi connectivity index (χ0) is 23.3. The van der Waals surface area contributed by atoms with Crippen LogP contribution < -0.4 is 0 Å². The molecular weight excluding hydrogens is 444 g/mol. The molecule has 9 heteroatoms. The number of nitrogens with zero attached hydrogens (tertiary/aromatic N) is 4. The summed E-state index contributed by atoms with van der Waals surface area (Å²) in [6, 6.07) is 14.4. The fourth-order valence-electron chi connectivity index (χ4n) is 3.83. The normalized spacial score (nSPS) is 16.8. The number of nitrogens with one attached hydrogen (secondary N) is 1.